The fourth-order valence-corrected chi connectivity index (χ4v) is 2.52. The van der Waals surface area contributed by atoms with Gasteiger partial charge in [-0.25, -0.2) is 4.79 Å². The summed E-state index contributed by atoms with van der Waals surface area (Å²) in [5.41, 5.74) is 0.606. The number of carbonyl (C=O) groups excluding carboxylic acids is 1. The molecule has 0 radical (unpaired) electrons. The number of carboxylic acids is 1. The molecule has 1 fully saturated rings. The van der Waals surface area contributed by atoms with Crippen molar-refractivity contribution >= 4 is 22.6 Å². The summed E-state index contributed by atoms with van der Waals surface area (Å²) in [4.78, 5) is 23.7. The Labute approximate surface area is 116 Å². The Kier molecular flexibility index (Phi) is 3.14. The lowest BCUT2D eigenvalue weighted by molar-refractivity contribution is 0.0699. The number of hydrogen-bond acceptors (Lipinski definition) is 2. The minimum atomic E-state index is -1.01. The zero-order valence-electron chi connectivity index (χ0n) is 10.9. The first-order valence-electron chi connectivity index (χ1n) is 6.73. The molecule has 4 heteroatoms. The first kappa shape index (κ1) is 12.7. The van der Waals surface area contributed by atoms with E-state index < -0.39 is 5.97 Å². The number of benzene rings is 2. The van der Waals surface area contributed by atoms with Gasteiger partial charge in [-0.05, 0) is 36.8 Å². The number of carboxylic acid groups (broad SMARTS) is 1. The van der Waals surface area contributed by atoms with Crippen molar-refractivity contribution in [1.29, 1.82) is 0 Å². The highest BCUT2D eigenvalue weighted by molar-refractivity contribution is 6.14. The SMILES string of the molecule is O=C(O)c1cccc2cccc(C(=O)NC3CCC3)c12. The molecular formula is C16H15NO3. The predicted molar refractivity (Wildman–Crippen MR) is 76.0 cm³/mol. The van der Waals surface area contributed by atoms with Crippen molar-refractivity contribution in [1.82, 2.24) is 5.32 Å². The highest BCUT2D eigenvalue weighted by Gasteiger charge is 2.22. The third kappa shape index (κ3) is 2.13. The van der Waals surface area contributed by atoms with Crippen LogP contribution in [0.25, 0.3) is 10.8 Å². The smallest absolute Gasteiger partial charge is 0.336 e. The molecule has 2 aromatic carbocycles. The molecule has 0 bridgehead atoms. The van der Waals surface area contributed by atoms with Crippen LogP contribution in [0, 0.1) is 0 Å². The third-order valence-corrected chi connectivity index (χ3v) is 3.82. The van der Waals surface area contributed by atoms with Crippen LogP contribution in [0.3, 0.4) is 0 Å². The van der Waals surface area contributed by atoms with Gasteiger partial charge in [-0.3, -0.25) is 4.79 Å². The third-order valence-electron chi connectivity index (χ3n) is 3.82. The van der Waals surface area contributed by atoms with Gasteiger partial charge in [0.15, 0.2) is 0 Å². The fourth-order valence-electron chi connectivity index (χ4n) is 2.52. The molecule has 0 aliphatic heterocycles. The van der Waals surface area contributed by atoms with Crippen molar-refractivity contribution < 1.29 is 14.7 Å². The fraction of sp³-hybridized carbons (Fsp3) is 0.250. The van der Waals surface area contributed by atoms with Crippen LogP contribution in [0.2, 0.25) is 0 Å². The van der Waals surface area contributed by atoms with Gasteiger partial charge >= 0.3 is 5.97 Å². The average molecular weight is 269 g/mol. The predicted octanol–water partition coefficient (Wildman–Crippen LogP) is 2.82. The van der Waals surface area contributed by atoms with E-state index in [2.05, 4.69) is 5.32 Å². The standard InChI is InChI=1S/C16H15NO3/c18-15(17-11-6-3-7-11)12-8-1-4-10-5-2-9-13(14(10)12)16(19)20/h1-2,4-5,8-9,11H,3,6-7H2,(H,17,18)(H,19,20). The summed E-state index contributed by atoms with van der Waals surface area (Å²) in [5, 5.41) is 13.5. The van der Waals surface area contributed by atoms with Crippen LogP contribution in [0.5, 0.6) is 0 Å². The van der Waals surface area contributed by atoms with E-state index in [0.29, 0.717) is 10.9 Å². The van der Waals surface area contributed by atoms with E-state index in [1.54, 1.807) is 18.2 Å². The van der Waals surface area contributed by atoms with E-state index in [-0.39, 0.29) is 17.5 Å². The first-order valence-corrected chi connectivity index (χ1v) is 6.73. The molecule has 1 amide bonds. The molecule has 0 spiro atoms. The van der Waals surface area contributed by atoms with Gasteiger partial charge in [0.25, 0.3) is 5.91 Å². The van der Waals surface area contributed by atoms with E-state index in [1.807, 2.05) is 12.1 Å². The van der Waals surface area contributed by atoms with Crippen LogP contribution in [-0.4, -0.2) is 23.0 Å². The van der Waals surface area contributed by atoms with Gasteiger partial charge in [0.1, 0.15) is 0 Å². The normalized spacial score (nSPS) is 14.8. The molecule has 1 aliphatic rings. The Morgan fingerprint density at radius 2 is 1.70 bits per heavy atom. The molecular weight excluding hydrogens is 254 g/mol. The Hall–Kier alpha value is -2.36. The van der Waals surface area contributed by atoms with Crippen LogP contribution in [-0.2, 0) is 0 Å². The van der Waals surface area contributed by atoms with Gasteiger partial charge in [-0.2, -0.15) is 0 Å². The summed E-state index contributed by atoms with van der Waals surface area (Å²) >= 11 is 0. The van der Waals surface area contributed by atoms with Crippen molar-refractivity contribution in [2.45, 2.75) is 25.3 Å². The second-order valence-corrected chi connectivity index (χ2v) is 5.12. The van der Waals surface area contributed by atoms with Crippen LogP contribution >= 0.6 is 0 Å². The molecule has 2 N–H and O–H groups in total. The minimum absolute atomic E-state index is 0.168. The maximum atomic E-state index is 12.3. The summed E-state index contributed by atoms with van der Waals surface area (Å²) in [7, 11) is 0. The largest absolute Gasteiger partial charge is 0.478 e. The van der Waals surface area contributed by atoms with Crippen LogP contribution in [0.15, 0.2) is 36.4 Å². The second kappa shape index (κ2) is 4.96. The van der Waals surface area contributed by atoms with Crippen LogP contribution in [0.1, 0.15) is 40.0 Å². The molecule has 102 valence electrons. The Balaban J connectivity index is 2.09. The Morgan fingerprint density at radius 1 is 1.05 bits per heavy atom. The number of nitrogens with one attached hydrogen (secondary N) is 1. The van der Waals surface area contributed by atoms with Gasteiger partial charge in [0, 0.05) is 17.0 Å². The van der Waals surface area contributed by atoms with E-state index in [0.717, 1.165) is 24.6 Å². The molecule has 1 saturated carbocycles. The van der Waals surface area contributed by atoms with E-state index >= 15 is 0 Å². The molecule has 1 aliphatic carbocycles. The summed E-state index contributed by atoms with van der Waals surface area (Å²) in [5.74, 6) is -1.20. The first-order chi connectivity index (χ1) is 9.66. The summed E-state index contributed by atoms with van der Waals surface area (Å²) in [6.45, 7) is 0. The molecule has 2 aromatic rings. The van der Waals surface area contributed by atoms with Crippen molar-refractivity contribution in [3.63, 3.8) is 0 Å². The van der Waals surface area contributed by atoms with Gasteiger partial charge in [-0.1, -0.05) is 24.3 Å². The zero-order chi connectivity index (χ0) is 14.1. The summed E-state index contributed by atoms with van der Waals surface area (Å²) < 4.78 is 0. The number of hydrogen-bond donors (Lipinski definition) is 2. The number of fused-ring (bicyclic) bond motifs is 1. The van der Waals surface area contributed by atoms with Gasteiger partial charge < -0.3 is 10.4 Å². The Morgan fingerprint density at radius 3 is 2.25 bits per heavy atom. The highest BCUT2D eigenvalue weighted by atomic mass is 16.4. The van der Waals surface area contributed by atoms with Gasteiger partial charge in [0.2, 0.25) is 0 Å². The van der Waals surface area contributed by atoms with E-state index in [4.69, 9.17) is 0 Å². The molecule has 0 atom stereocenters. The molecule has 0 saturated heterocycles. The topological polar surface area (TPSA) is 66.4 Å². The monoisotopic (exact) mass is 269 g/mol. The maximum Gasteiger partial charge on any atom is 0.336 e. The molecule has 0 aromatic heterocycles. The Bertz CT molecular complexity index is 684. The average Bonchev–Trinajstić information content (AvgIpc) is 2.41. The van der Waals surface area contributed by atoms with Gasteiger partial charge in [-0.15, -0.1) is 0 Å². The van der Waals surface area contributed by atoms with Crippen molar-refractivity contribution in [2.24, 2.45) is 0 Å². The highest BCUT2D eigenvalue weighted by Crippen LogP contribution is 2.25. The molecule has 20 heavy (non-hydrogen) atoms. The molecule has 0 heterocycles. The lowest BCUT2D eigenvalue weighted by Gasteiger charge is -2.26. The number of amides is 1. The van der Waals surface area contributed by atoms with Crippen molar-refractivity contribution in [2.75, 3.05) is 0 Å². The maximum absolute atomic E-state index is 12.3. The van der Waals surface area contributed by atoms with Crippen LogP contribution in [0.4, 0.5) is 0 Å². The molecule has 0 unspecified atom stereocenters. The van der Waals surface area contributed by atoms with E-state index in [9.17, 15) is 14.7 Å². The number of aromatic carboxylic acids is 1. The second-order valence-electron chi connectivity index (χ2n) is 5.12. The lowest BCUT2D eigenvalue weighted by atomic mass is 9.92. The minimum Gasteiger partial charge on any atom is -0.478 e. The van der Waals surface area contributed by atoms with Crippen molar-refractivity contribution in [3.05, 3.63) is 47.5 Å². The number of rotatable bonds is 3. The van der Waals surface area contributed by atoms with E-state index in [1.165, 1.54) is 6.07 Å². The van der Waals surface area contributed by atoms with Crippen molar-refractivity contribution in [3.8, 4) is 0 Å². The summed E-state index contributed by atoms with van der Waals surface area (Å²) in [6.07, 6.45) is 3.14. The van der Waals surface area contributed by atoms with Crippen LogP contribution < -0.4 is 5.32 Å². The lowest BCUT2D eigenvalue weighted by Crippen LogP contribution is -2.39. The van der Waals surface area contributed by atoms with Gasteiger partial charge in [0.05, 0.1) is 5.56 Å². The number of carbonyl (C=O) groups is 2. The quantitative estimate of drug-likeness (QED) is 0.900. The molecule has 4 nitrogen and oxygen atoms in total. The summed E-state index contributed by atoms with van der Waals surface area (Å²) in [6, 6.07) is 10.6. The zero-order valence-corrected chi connectivity index (χ0v) is 10.9. The molecule has 3 rings (SSSR count).